The van der Waals surface area contributed by atoms with E-state index in [1.807, 2.05) is 18.8 Å². The predicted molar refractivity (Wildman–Crippen MR) is 40.9 cm³/mol. The monoisotopic (exact) mass is 146 g/mol. The van der Waals surface area contributed by atoms with Gasteiger partial charge in [-0.3, -0.25) is 0 Å². The van der Waals surface area contributed by atoms with Gasteiger partial charge in [-0.15, -0.1) is 18.3 Å². The molecule has 0 saturated carbocycles. The van der Waals surface area contributed by atoms with Crippen LogP contribution in [0.4, 0.5) is 0 Å². The third-order valence-electron chi connectivity index (χ3n) is 1.31. The van der Waals surface area contributed by atoms with Crippen LogP contribution in [0.1, 0.15) is 0 Å². The fourth-order valence-corrected chi connectivity index (χ4v) is 1.75. The normalized spacial score (nSPS) is 28.3. The molecule has 0 amide bonds. The maximum Gasteiger partial charge on any atom is 0.0921 e. The summed E-state index contributed by atoms with van der Waals surface area (Å²) in [7, 11) is 1.86. The van der Waals surface area contributed by atoms with Crippen LogP contribution >= 0.6 is 11.8 Å². The first kappa shape index (κ1) is 7.38. The number of nitrogens with zero attached hydrogens (tertiary/aromatic N) is 1. The number of thioether (sulfide) groups is 1. The molecular formula is C6H12NOS-. The van der Waals surface area contributed by atoms with Crippen LogP contribution in [0.3, 0.4) is 0 Å². The summed E-state index contributed by atoms with van der Waals surface area (Å²) in [5.74, 6) is 2.77. The standard InChI is InChI=1S/C6H12NOS/c1-7-2-6-3-8-5-9-4-6/h6H,2-5H2,1H3/q-1. The average molecular weight is 146 g/mol. The summed E-state index contributed by atoms with van der Waals surface area (Å²) in [5, 5.41) is 4.07. The van der Waals surface area contributed by atoms with Gasteiger partial charge in [0.15, 0.2) is 0 Å². The van der Waals surface area contributed by atoms with E-state index in [0.717, 1.165) is 19.1 Å². The number of hydrogen-bond acceptors (Lipinski definition) is 2. The van der Waals surface area contributed by atoms with Gasteiger partial charge >= 0.3 is 0 Å². The van der Waals surface area contributed by atoms with Gasteiger partial charge in [-0.25, -0.2) is 0 Å². The molecular weight excluding hydrogens is 134 g/mol. The molecule has 1 atom stereocenters. The average Bonchev–Trinajstić information content (AvgIpc) is 1.91. The Morgan fingerprint density at radius 1 is 1.78 bits per heavy atom. The Balaban J connectivity index is 2.08. The molecule has 0 aromatic heterocycles. The molecule has 1 aliphatic heterocycles. The van der Waals surface area contributed by atoms with Crippen LogP contribution in [0.2, 0.25) is 0 Å². The molecule has 0 radical (unpaired) electrons. The highest BCUT2D eigenvalue weighted by molar-refractivity contribution is 7.99. The summed E-state index contributed by atoms with van der Waals surface area (Å²) < 4.78 is 5.24. The number of ether oxygens (including phenoxy) is 1. The second kappa shape index (κ2) is 4.14. The van der Waals surface area contributed by atoms with E-state index >= 15 is 0 Å². The minimum atomic E-state index is 0.675. The predicted octanol–water partition coefficient (Wildman–Crippen LogP) is 1.33. The lowest BCUT2D eigenvalue weighted by atomic mass is 10.2. The lowest BCUT2D eigenvalue weighted by Gasteiger charge is -2.26. The van der Waals surface area contributed by atoms with Crippen LogP contribution in [-0.2, 0) is 4.74 Å². The van der Waals surface area contributed by atoms with Crippen molar-refractivity contribution in [1.29, 1.82) is 0 Å². The SMILES string of the molecule is C[N-]CC1COCSC1. The van der Waals surface area contributed by atoms with Crippen LogP contribution < -0.4 is 0 Å². The van der Waals surface area contributed by atoms with Crippen LogP contribution in [0.5, 0.6) is 0 Å². The van der Waals surface area contributed by atoms with E-state index in [-0.39, 0.29) is 0 Å². The fourth-order valence-electron chi connectivity index (χ4n) is 0.900. The highest BCUT2D eigenvalue weighted by atomic mass is 32.2. The molecule has 1 aliphatic rings. The second-order valence-corrected chi connectivity index (χ2v) is 3.20. The van der Waals surface area contributed by atoms with Gasteiger partial charge in [-0.1, -0.05) is 0 Å². The first-order valence-electron chi connectivity index (χ1n) is 3.14. The number of rotatable bonds is 2. The third-order valence-corrected chi connectivity index (χ3v) is 2.35. The first-order chi connectivity index (χ1) is 4.43. The largest absolute Gasteiger partial charge is 0.665 e. The molecule has 0 aromatic rings. The fraction of sp³-hybridized carbons (Fsp3) is 1.00. The van der Waals surface area contributed by atoms with Crippen molar-refractivity contribution in [2.45, 2.75) is 0 Å². The molecule has 0 bridgehead atoms. The van der Waals surface area contributed by atoms with Crippen molar-refractivity contribution in [3.63, 3.8) is 0 Å². The van der Waals surface area contributed by atoms with Crippen molar-refractivity contribution in [1.82, 2.24) is 0 Å². The first-order valence-corrected chi connectivity index (χ1v) is 4.30. The molecule has 1 saturated heterocycles. The summed E-state index contributed by atoms with van der Waals surface area (Å²) in [6, 6.07) is 0. The zero-order valence-electron chi connectivity index (χ0n) is 5.67. The summed E-state index contributed by atoms with van der Waals surface area (Å²) in [6.45, 7) is 1.87. The zero-order chi connectivity index (χ0) is 6.53. The summed E-state index contributed by atoms with van der Waals surface area (Å²) in [5.41, 5.74) is 0. The summed E-state index contributed by atoms with van der Waals surface area (Å²) >= 11 is 1.86. The maximum absolute atomic E-state index is 5.24. The number of hydrogen-bond donors (Lipinski definition) is 0. The van der Waals surface area contributed by atoms with Gasteiger partial charge in [0.05, 0.1) is 5.94 Å². The van der Waals surface area contributed by atoms with Gasteiger partial charge in [0.2, 0.25) is 0 Å². The van der Waals surface area contributed by atoms with E-state index in [4.69, 9.17) is 4.74 Å². The molecule has 9 heavy (non-hydrogen) atoms. The van der Waals surface area contributed by atoms with E-state index in [0.29, 0.717) is 5.92 Å². The third kappa shape index (κ3) is 2.56. The van der Waals surface area contributed by atoms with Crippen LogP contribution in [0.15, 0.2) is 0 Å². The van der Waals surface area contributed by atoms with Gasteiger partial charge in [0.1, 0.15) is 0 Å². The zero-order valence-corrected chi connectivity index (χ0v) is 6.49. The quantitative estimate of drug-likeness (QED) is 0.586. The molecule has 1 fully saturated rings. The highest BCUT2D eigenvalue weighted by Crippen LogP contribution is 2.16. The van der Waals surface area contributed by atoms with Gasteiger partial charge in [0, 0.05) is 6.61 Å². The second-order valence-electron chi connectivity index (χ2n) is 2.22. The Hall–Kier alpha value is 0.270. The van der Waals surface area contributed by atoms with Crippen molar-refractivity contribution in [3.8, 4) is 0 Å². The Morgan fingerprint density at radius 3 is 3.22 bits per heavy atom. The Bertz CT molecular complexity index is 70.7. The molecule has 3 heteroatoms. The Morgan fingerprint density at radius 2 is 2.67 bits per heavy atom. The molecule has 1 rings (SSSR count). The van der Waals surface area contributed by atoms with Gasteiger partial charge in [-0.2, -0.15) is 7.05 Å². The minimum Gasteiger partial charge on any atom is -0.665 e. The van der Waals surface area contributed by atoms with Crippen LogP contribution in [0, 0.1) is 5.92 Å². The Labute approximate surface area is 60.3 Å². The molecule has 2 nitrogen and oxygen atoms in total. The molecule has 0 aromatic carbocycles. The van der Waals surface area contributed by atoms with Crippen LogP contribution in [0.25, 0.3) is 5.32 Å². The van der Waals surface area contributed by atoms with Gasteiger partial charge in [0.25, 0.3) is 0 Å². The van der Waals surface area contributed by atoms with Crippen molar-refractivity contribution in [3.05, 3.63) is 5.32 Å². The summed E-state index contributed by atoms with van der Waals surface area (Å²) in [4.78, 5) is 0. The molecule has 1 heterocycles. The Kier molecular flexibility index (Phi) is 3.40. The lowest BCUT2D eigenvalue weighted by molar-refractivity contribution is 0.143. The van der Waals surface area contributed by atoms with Gasteiger partial charge < -0.3 is 10.1 Å². The molecule has 54 valence electrons. The lowest BCUT2D eigenvalue weighted by Crippen LogP contribution is -2.20. The summed E-state index contributed by atoms with van der Waals surface area (Å²) in [6.07, 6.45) is 0. The van der Waals surface area contributed by atoms with E-state index in [1.165, 1.54) is 5.75 Å². The van der Waals surface area contributed by atoms with Crippen molar-refractivity contribution in [2.24, 2.45) is 5.92 Å². The van der Waals surface area contributed by atoms with E-state index in [2.05, 4.69) is 5.32 Å². The molecule has 0 N–H and O–H groups in total. The molecule has 0 spiro atoms. The van der Waals surface area contributed by atoms with E-state index in [1.54, 1.807) is 0 Å². The van der Waals surface area contributed by atoms with Crippen LogP contribution in [-0.4, -0.2) is 31.9 Å². The van der Waals surface area contributed by atoms with E-state index in [9.17, 15) is 0 Å². The van der Waals surface area contributed by atoms with Gasteiger partial charge in [-0.05, 0) is 11.7 Å². The van der Waals surface area contributed by atoms with Crippen molar-refractivity contribution in [2.75, 3.05) is 31.9 Å². The van der Waals surface area contributed by atoms with Crippen molar-refractivity contribution < 1.29 is 4.74 Å². The minimum absolute atomic E-state index is 0.675. The smallest absolute Gasteiger partial charge is 0.0921 e. The highest BCUT2D eigenvalue weighted by Gasteiger charge is 2.08. The maximum atomic E-state index is 5.24. The molecule has 0 aliphatic carbocycles. The molecule has 1 unspecified atom stereocenters. The topological polar surface area (TPSA) is 23.3 Å². The van der Waals surface area contributed by atoms with Crippen molar-refractivity contribution >= 4 is 11.8 Å². The van der Waals surface area contributed by atoms with E-state index < -0.39 is 0 Å².